The molecule has 0 aliphatic carbocycles. The molecule has 6 heteroatoms. The van der Waals surface area contributed by atoms with Crippen molar-refractivity contribution in [3.63, 3.8) is 0 Å². The fourth-order valence-corrected chi connectivity index (χ4v) is 3.42. The number of aromatic amines is 1. The highest BCUT2D eigenvalue weighted by Gasteiger charge is 2.19. The minimum atomic E-state index is -1.17. The molecule has 0 unspecified atom stereocenters. The van der Waals surface area contributed by atoms with Gasteiger partial charge in [0, 0.05) is 6.54 Å². The van der Waals surface area contributed by atoms with Gasteiger partial charge in [0.1, 0.15) is 11.4 Å². The number of imidazole rings is 1. The monoisotopic (exact) mass is 399 g/mol. The highest BCUT2D eigenvalue weighted by molar-refractivity contribution is 5.93. The summed E-state index contributed by atoms with van der Waals surface area (Å²) < 4.78 is 0. The van der Waals surface area contributed by atoms with Crippen LogP contribution in [-0.4, -0.2) is 32.7 Å². The van der Waals surface area contributed by atoms with Crippen LogP contribution < -0.4 is 4.90 Å². The van der Waals surface area contributed by atoms with Crippen LogP contribution in [0, 0.1) is 0 Å². The van der Waals surface area contributed by atoms with Gasteiger partial charge in [0.2, 0.25) is 0 Å². The first-order valence-corrected chi connectivity index (χ1v) is 9.59. The molecule has 0 aliphatic heterocycles. The van der Waals surface area contributed by atoms with E-state index < -0.39 is 5.97 Å². The number of aromatic hydroxyl groups is 1. The van der Waals surface area contributed by atoms with Crippen LogP contribution in [0.15, 0.2) is 85.3 Å². The zero-order chi connectivity index (χ0) is 20.9. The molecule has 0 aliphatic rings. The van der Waals surface area contributed by atoms with E-state index in [-0.39, 0.29) is 11.3 Å². The lowest BCUT2D eigenvalue weighted by molar-refractivity contribution is 0.0694. The average molecular weight is 399 g/mol. The number of carbonyl (C=O) groups is 1. The zero-order valence-electron chi connectivity index (χ0n) is 16.2. The van der Waals surface area contributed by atoms with Crippen molar-refractivity contribution in [1.82, 2.24) is 9.97 Å². The number of nitrogens with one attached hydrogen (secondary N) is 1. The lowest BCUT2D eigenvalue weighted by atomic mass is 10.0. The fourth-order valence-electron chi connectivity index (χ4n) is 3.42. The molecule has 0 saturated carbocycles. The van der Waals surface area contributed by atoms with Crippen LogP contribution in [0.5, 0.6) is 5.75 Å². The Morgan fingerprint density at radius 2 is 1.67 bits per heavy atom. The van der Waals surface area contributed by atoms with E-state index in [9.17, 15) is 15.0 Å². The highest BCUT2D eigenvalue weighted by atomic mass is 16.4. The normalized spacial score (nSPS) is 10.7. The summed E-state index contributed by atoms with van der Waals surface area (Å²) in [6.45, 7) is 0.531. The molecule has 0 saturated heterocycles. The third-order valence-corrected chi connectivity index (χ3v) is 5.00. The molecule has 3 N–H and O–H groups in total. The number of nitrogens with zero attached hydrogens (tertiary/aromatic N) is 2. The summed E-state index contributed by atoms with van der Waals surface area (Å²) in [4.78, 5) is 20.3. The Morgan fingerprint density at radius 3 is 2.33 bits per heavy atom. The molecule has 3 aromatic carbocycles. The number of carboxylic acid groups (broad SMARTS) is 1. The number of phenols is 1. The van der Waals surface area contributed by atoms with Gasteiger partial charge >= 0.3 is 5.97 Å². The molecular weight excluding hydrogens is 378 g/mol. The molecule has 0 radical (unpaired) electrons. The smallest absolute Gasteiger partial charge is 0.339 e. The van der Waals surface area contributed by atoms with Crippen LogP contribution >= 0.6 is 0 Å². The van der Waals surface area contributed by atoms with Crippen molar-refractivity contribution < 1.29 is 15.0 Å². The van der Waals surface area contributed by atoms with Crippen LogP contribution in [0.25, 0.3) is 11.1 Å². The van der Waals surface area contributed by atoms with Gasteiger partial charge < -0.3 is 20.1 Å². The van der Waals surface area contributed by atoms with Gasteiger partial charge in [0.25, 0.3) is 0 Å². The van der Waals surface area contributed by atoms with Crippen molar-refractivity contribution in [2.45, 2.75) is 6.42 Å². The number of hydrogen-bond acceptors (Lipinski definition) is 4. The van der Waals surface area contributed by atoms with Gasteiger partial charge in [-0.1, -0.05) is 60.7 Å². The van der Waals surface area contributed by atoms with Crippen LogP contribution in [0.2, 0.25) is 0 Å². The van der Waals surface area contributed by atoms with Gasteiger partial charge in [0.15, 0.2) is 5.75 Å². The third kappa shape index (κ3) is 4.03. The van der Waals surface area contributed by atoms with Gasteiger partial charge in [-0.05, 0) is 35.2 Å². The Hall–Kier alpha value is -4.06. The molecule has 150 valence electrons. The largest absolute Gasteiger partial charge is 0.505 e. The summed E-state index contributed by atoms with van der Waals surface area (Å²) in [6.07, 6.45) is 3.89. The maximum atomic E-state index is 11.4. The van der Waals surface area contributed by atoms with Crippen molar-refractivity contribution in [3.8, 4) is 16.9 Å². The van der Waals surface area contributed by atoms with Crippen LogP contribution in [0.1, 0.15) is 15.9 Å². The second-order valence-electron chi connectivity index (χ2n) is 6.88. The molecule has 0 atom stereocenters. The van der Waals surface area contributed by atoms with Crippen molar-refractivity contribution in [2.24, 2.45) is 0 Å². The van der Waals surface area contributed by atoms with E-state index in [4.69, 9.17) is 0 Å². The summed E-state index contributed by atoms with van der Waals surface area (Å²) in [6, 6.07) is 23.2. The quantitative estimate of drug-likeness (QED) is 0.413. The summed E-state index contributed by atoms with van der Waals surface area (Å²) in [5, 5.41) is 19.9. The number of anilines is 2. The summed E-state index contributed by atoms with van der Waals surface area (Å²) in [5.41, 5.74) is 3.73. The van der Waals surface area contributed by atoms with Gasteiger partial charge in [-0.25, -0.2) is 9.78 Å². The molecule has 6 nitrogen and oxygen atoms in total. The zero-order valence-corrected chi connectivity index (χ0v) is 16.2. The Bertz CT molecular complexity index is 1120. The van der Waals surface area contributed by atoms with E-state index in [1.54, 1.807) is 24.7 Å². The van der Waals surface area contributed by atoms with Gasteiger partial charge in [-0.3, -0.25) is 0 Å². The SMILES string of the molecule is O=C(O)c1cccc(N(CCc2ccc(-c3ccccc3)cc2)c2cnc[nH]2)c1O. The molecule has 0 bridgehead atoms. The number of rotatable bonds is 7. The number of aromatic carboxylic acids is 1. The van der Waals surface area contributed by atoms with Crippen molar-refractivity contribution in [2.75, 3.05) is 11.4 Å². The molecule has 0 fully saturated rings. The highest BCUT2D eigenvalue weighted by Crippen LogP contribution is 2.35. The van der Waals surface area contributed by atoms with Gasteiger partial charge in [-0.2, -0.15) is 0 Å². The summed E-state index contributed by atoms with van der Waals surface area (Å²) in [7, 11) is 0. The van der Waals surface area contributed by atoms with E-state index in [0.29, 0.717) is 24.5 Å². The molecule has 30 heavy (non-hydrogen) atoms. The standard InChI is InChI=1S/C24H21N3O3/c28-23-20(24(29)30)7-4-8-21(23)27(22-15-25-16-26-22)14-13-17-9-11-19(12-10-17)18-5-2-1-3-6-18/h1-12,15-16,28H,13-14H2,(H,25,26)(H,29,30). The first kappa shape index (κ1) is 19.3. The molecule has 0 amide bonds. The number of benzene rings is 3. The minimum Gasteiger partial charge on any atom is -0.505 e. The van der Waals surface area contributed by atoms with E-state index in [1.165, 1.54) is 11.6 Å². The van der Waals surface area contributed by atoms with E-state index in [1.807, 2.05) is 23.1 Å². The predicted octanol–water partition coefficient (Wildman–Crippen LogP) is 4.86. The second-order valence-corrected chi connectivity index (χ2v) is 6.88. The van der Waals surface area contributed by atoms with Crippen molar-refractivity contribution in [3.05, 3.63) is 96.4 Å². The molecule has 1 aromatic heterocycles. The van der Waals surface area contributed by atoms with Crippen LogP contribution in [0.4, 0.5) is 11.5 Å². The minimum absolute atomic E-state index is 0.135. The number of hydrogen-bond donors (Lipinski definition) is 3. The third-order valence-electron chi connectivity index (χ3n) is 5.00. The lowest BCUT2D eigenvalue weighted by Gasteiger charge is -2.24. The topological polar surface area (TPSA) is 89.5 Å². The van der Waals surface area contributed by atoms with Gasteiger partial charge in [0.05, 0.1) is 18.2 Å². The fraction of sp³-hybridized carbons (Fsp3) is 0.0833. The molecule has 0 spiro atoms. The molecule has 4 aromatic rings. The average Bonchev–Trinajstić information content (AvgIpc) is 3.30. The molecule has 1 heterocycles. The van der Waals surface area contributed by atoms with Crippen molar-refractivity contribution in [1.29, 1.82) is 0 Å². The maximum Gasteiger partial charge on any atom is 0.339 e. The Kier molecular flexibility index (Phi) is 5.48. The van der Waals surface area contributed by atoms with Crippen LogP contribution in [0.3, 0.4) is 0 Å². The maximum absolute atomic E-state index is 11.4. The molecular formula is C24H21N3O3. The van der Waals surface area contributed by atoms with E-state index in [0.717, 1.165) is 11.1 Å². The summed E-state index contributed by atoms with van der Waals surface area (Å²) >= 11 is 0. The number of H-pyrrole nitrogens is 1. The van der Waals surface area contributed by atoms with E-state index in [2.05, 4.69) is 46.4 Å². The number of para-hydroxylation sites is 1. The first-order valence-electron chi connectivity index (χ1n) is 9.59. The van der Waals surface area contributed by atoms with Gasteiger partial charge in [-0.15, -0.1) is 0 Å². The number of aromatic nitrogens is 2. The van der Waals surface area contributed by atoms with Crippen molar-refractivity contribution >= 4 is 17.5 Å². The predicted molar refractivity (Wildman–Crippen MR) is 116 cm³/mol. The second kappa shape index (κ2) is 8.53. The van der Waals surface area contributed by atoms with Crippen LogP contribution in [-0.2, 0) is 6.42 Å². The Labute approximate surface area is 174 Å². The lowest BCUT2D eigenvalue weighted by Crippen LogP contribution is -2.21. The van der Waals surface area contributed by atoms with E-state index >= 15 is 0 Å². The number of carboxylic acids is 1. The first-order chi connectivity index (χ1) is 14.6. The Balaban J connectivity index is 1.57. The summed E-state index contributed by atoms with van der Waals surface area (Å²) in [5.74, 6) is -0.761. The molecule has 4 rings (SSSR count). The Morgan fingerprint density at radius 1 is 0.933 bits per heavy atom.